The highest BCUT2D eigenvalue weighted by molar-refractivity contribution is 5.90. The van der Waals surface area contributed by atoms with Crippen molar-refractivity contribution in [2.24, 2.45) is 0 Å². The first-order valence-corrected chi connectivity index (χ1v) is 6.23. The fraction of sp³-hybridized carbons (Fsp3) is 0.133. The molecule has 0 radical (unpaired) electrons. The number of hydrogen-bond acceptors (Lipinski definition) is 4. The fourth-order valence-corrected chi connectivity index (χ4v) is 2.26. The average Bonchev–Trinajstić information content (AvgIpc) is 3.04. The summed E-state index contributed by atoms with van der Waals surface area (Å²) in [4.78, 5) is 0. The molecule has 5 nitrogen and oxygen atoms in total. The standard InChI is InChI=1S/C15H15N3O2/c1-9-7-10(8-20-9)14-13(15(16)18-17-14)11-5-3-4-6-12(11)19-2/h3-8H,1-2H3,(H3,16,17,18). The second-order valence-electron chi connectivity index (χ2n) is 4.51. The van der Waals surface area contributed by atoms with Crippen LogP contribution in [0, 0.1) is 6.92 Å². The van der Waals surface area contributed by atoms with E-state index in [1.54, 1.807) is 13.4 Å². The van der Waals surface area contributed by atoms with Gasteiger partial charge in [-0.25, -0.2) is 0 Å². The van der Waals surface area contributed by atoms with Gasteiger partial charge in [-0.05, 0) is 19.1 Å². The second-order valence-corrected chi connectivity index (χ2v) is 4.51. The number of nitrogen functional groups attached to an aromatic ring is 1. The number of ether oxygens (including phenoxy) is 1. The summed E-state index contributed by atoms with van der Waals surface area (Å²) in [5.74, 6) is 2.02. The number of methoxy groups -OCH3 is 1. The molecule has 0 bridgehead atoms. The molecule has 0 atom stereocenters. The van der Waals surface area contributed by atoms with Gasteiger partial charge in [-0.15, -0.1) is 0 Å². The third-order valence-electron chi connectivity index (χ3n) is 3.19. The van der Waals surface area contributed by atoms with Crippen molar-refractivity contribution in [1.82, 2.24) is 10.2 Å². The SMILES string of the molecule is COc1ccccc1-c1c(N)n[nH]c1-c1coc(C)c1. The molecule has 0 unspecified atom stereocenters. The normalized spacial score (nSPS) is 10.7. The van der Waals surface area contributed by atoms with Crippen molar-refractivity contribution in [3.05, 3.63) is 42.4 Å². The second kappa shape index (κ2) is 4.77. The summed E-state index contributed by atoms with van der Waals surface area (Å²) in [6.07, 6.45) is 1.68. The van der Waals surface area contributed by atoms with Gasteiger partial charge in [0.25, 0.3) is 0 Å². The first kappa shape index (κ1) is 12.3. The molecule has 0 spiro atoms. The first-order valence-electron chi connectivity index (χ1n) is 6.23. The van der Waals surface area contributed by atoms with E-state index in [1.165, 1.54) is 0 Å². The number of H-pyrrole nitrogens is 1. The quantitative estimate of drug-likeness (QED) is 0.765. The van der Waals surface area contributed by atoms with Crippen LogP contribution < -0.4 is 10.5 Å². The van der Waals surface area contributed by atoms with Crippen molar-refractivity contribution in [3.63, 3.8) is 0 Å². The van der Waals surface area contributed by atoms with E-state index in [2.05, 4.69) is 10.2 Å². The molecule has 3 rings (SSSR count). The molecule has 3 aromatic rings. The van der Waals surface area contributed by atoms with Crippen LogP contribution in [0.15, 0.2) is 41.0 Å². The van der Waals surface area contributed by atoms with Crippen LogP contribution in [-0.4, -0.2) is 17.3 Å². The molecular formula is C15H15N3O2. The van der Waals surface area contributed by atoms with Crippen molar-refractivity contribution in [2.45, 2.75) is 6.92 Å². The van der Waals surface area contributed by atoms with Crippen LogP contribution in [0.4, 0.5) is 5.82 Å². The lowest BCUT2D eigenvalue weighted by Gasteiger charge is -2.08. The van der Waals surface area contributed by atoms with Gasteiger partial charge in [0, 0.05) is 11.1 Å². The van der Waals surface area contributed by atoms with Crippen LogP contribution in [-0.2, 0) is 0 Å². The van der Waals surface area contributed by atoms with E-state index in [1.807, 2.05) is 37.3 Å². The van der Waals surface area contributed by atoms with Gasteiger partial charge < -0.3 is 14.9 Å². The van der Waals surface area contributed by atoms with Crippen LogP contribution in [0.25, 0.3) is 22.4 Å². The highest BCUT2D eigenvalue weighted by atomic mass is 16.5. The molecule has 0 aliphatic rings. The molecule has 102 valence electrons. The number of rotatable bonds is 3. The maximum absolute atomic E-state index is 6.01. The molecular weight excluding hydrogens is 254 g/mol. The lowest BCUT2D eigenvalue weighted by Crippen LogP contribution is -1.92. The minimum absolute atomic E-state index is 0.434. The van der Waals surface area contributed by atoms with Crippen molar-refractivity contribution in [3.8, 4) is 28.1 Å². The predicted octanol–water partition coefficient (Wildman–Crippen LogP) is 3.24. The summed E-state index contributed by atoms with van der Waals surface area (Å²) in [5, 5.41) is 7.07. The van der Waals surface area contributed by atoms with Crippen molar-refractivity contribution in [1.29, 1.82) is 0 Å². The molecule has 0 aliphatic heterocycles. The van der Waals surface area contributed by atoms with E-state index in [-0.39, 0.29) is 0 Å². The van der Waals surface area contributed by atoms with Gasteiger partial charge in [-0.3, -0.25) is 5.10 Å². The third-order valence-corrected chi connectivity index (χ3v) is 3.19. The highest BCUT2D eigenvalue weighted by Gasteiger charge is 2.18. The maximum Gasteiger partial charge on any atom is 0.153 e. The number of anilines is 1. The number of aromatic amines is 1. The average molecular weight is 269 g/mol. The van der Waals surface area contributed by atoms with Crippen LogP contribution in [0.1, 0.15) is 5.76 Å². The van der Waals surface area contributed by atoms with Crippen molar-refractivity contribution < 1.29 is 9.15 Å². The first-order chi connectivity index (χ1) is 9.70. The zero-order chi connectivity index (χ0) is 14.1. The van der Waals surface area contributed by atoms with E-state index in [0.717, 1.165) is 33.9 Å². The molecule has 2 heterocycles. The largest absolute Gasteiger partial charge is 0.496 e. The Kier molecular flexibility index (Phi) is 2.95. The number of nitrogens with one attached hydrogen (secondary N) is 1. The molecule has 0 saturated heterocycles. The zero-order valence-corrected chi connectivity index (χ0v) is 11.3. The Morgan fingerprint density at radius 3 is 2.80 bits per heavy atom. The lowest BCUT2D eigenvalue weighted by molar-refractivity contribution is 0.416. The van der Waals surface area contributed by atoms with Gasteiger partial charge in [0.2, 0.25) is 0 Å². The summed E-state index contributed by atoms with van der Waals surface area (Å²) < 4.78 is 10.8. The number of nitrogens with two attached hydrogens (primary N) is 1. The van der Waals surface area contributed by atoms with Gasteiger partial charge in [-0.1, -0.05) is 18.2 Å². The van der Waals surface area contributed by atoms with Gasteiger partial charge >= 0.3 is 0 Å². The monoisotopic (exact) mass is 269 g/mol. The van der Waals surface area contributed by atoms with E-state index in [0.29, 0.717) is 5.82 Å². The van der Waals surface area contributed by atoms with E-state index < -0.39 is 0 Å². The highest BCUT2D eigenvalue weighted by Crippen LogP contribution is 2.39. The van der Waals surface area contributed by atoms with E-state index in [9.17, 15) is 0 Å². The lowest BCUT2D eigenvalue weighted by atomic mass is 10.0. The maximum atomic E-state index is 6.01. The fourth-order valence-electron chi connectivity index (χ4n) is 2.26. The Bertz CT molecular complexity index is 743. The molecule has 3 N–H and O–H groups in total. The Balaban J connectivity index is 2.21. The van der Waals surface area contributed by atoms with Crippen LogP contribution in [0.5, 0.6) is 5.75 Å². The molecule has 0 amide bonds. The topological polar surface area (TPSA) is 77.1 Å². The van der Waals surface area contributed by atoms with Crippen LogP contribution in [0.2, 0.25) is 0 Å². The Morgan fingerprint density at radius 2 is 2.10 bits per heavy atom. The molecule has 0 aliphatic carbocycles. The number of nitrogens with zero attached hydrogens (tertiary/aromatic N) is 1. The molecule has 2 aromatic heterocycles. The number of furan rings is 1. The minimum Gasteiger partial charge on any atom is -0.496 e. The van der Waals surface area contributed by atoms with Gasteiger partial charge in [0.05, 0.1) is 18.4 Å². The summed E-state index contributed by atoms with van der Waals surface area (Å²) in [5.41, 5.74) is 9.47. The Labute approximate surface area is 116 Å². The van der Waals surface area contributed by atoms with Gasteiger partial charge in [0.1, 0.15) is 17.8 Å². The summed E-state index contributed by atoms with van der Waals surface area (Å²) >= 11 is 0. The van der Waals surface area contributed by atoms with Gasteiger partial charge in [0.15, 0.2) is 5.82 Å². The number of aryl methyl sites for hydroxylation is 1. The molecule has 0 fully saturated rings. The molecule has 0 saturated carbocycles. The predicted molar refractivity (Wildman–Crippen MR) is 77.4 cm³/mol. The number of aromatic nitrogens is 2. The molecule has 1 aromatic carbocycles. The number of hydrogen-bond donors (Lipinski definition) is 2. The van der Waals surface area contributed by atoms with Crippen LogP contribution in [0.3, 0.4) is 0 Å². The van der Waals surface area contributed by atoms with Crippen LogP contribution >= 0.6 is 0 Å². The Hall–Kier alpha value is -2.69. The Morgan fingerprint density at radius 1 is 1.30 bits per heavy atom. The minimum atomic E-state index is 0.434. The summed E-state index contributed by atoms with van der Waals surface area (Å²) in [6.45, 7) is 1.89. The summed E-state index contributed by atoms with van der Waals surface area (Å²) in [6, 6.07) is 9.64. The number of benzene rings is 1. The van der Waals surface area contributed by atoms with Gasteiger partial charge in [-0.2, -0.15) is 5.10 Å². The van der Waals surface area contributed by atoms with Crippen molar-refractivity contribution >= 4 is 5.82 Å². The summed E-state index contributed by atoms with van der Waals surface area (Å²) in [7, 11) is 1.64. The number of para-hydroxylation sites is 1. The molecule has 20 heavy (non-hydrogen) atoms. The smallest absolute Gasteiger partial charge is 0.153 e. The van der Waals surface area contributed by atoms with E-state index in [4.69, 9.17) is 14.9 Å². The third kappa shape index (κ3) is 1.93. The zero-order valence-electron chi connectivity index (χ0n) is 11.3. The molecule has 5 heteroatoms. The van der Waals surface area contributed by atoms with E-state index >= 15 is 0 Å². The van der Waals surface area contributed by atoms with Crippen molar-refractivity contribution in [2.75, 3.05) is 12.8 Å².